The average molecular weight is 336 g/mol. The van der Waals surface area contributed by atoms with Gasteiger partial charge in [0, 0.05) is 6.54 Å². The third-order valence-electron chi connectivity index (χ3n) is 4.73. The predicted molar refractivity (Wildman–Crippen MR) is 96.3 cm³/mol. The summed E-state index contributed by atoms with van der Waals surface area (Å²) in [5.41, 5.74) is 9.78. The first-order chi connectivity index (χ1) is 12.1. The molecule has 25 heavy (non-hydrogen) atoms. The summed E-state index contributed by atoms with van der Waals surface area (Å²) in [7, 11) is 0. The lowest BCUT2D eigenvalue weighted by Gasteiger charge is -2.26. The molecule has 1 aliphatic rings. The lowest BCUT2D eigenvalue weighted by molar-refractivity contribution is -0.123. The Hall–Kier alpha value is -2.86. The van der Waals surface area contributed by atoms with Crippen LogP contribution >= 0.6 is 0 Å². The van der Waals surface area contributed by atoms with Gasteiger partial charge in [0.15, 0.2) is 0 Å². The van der Waals surface area contributed by atoms with Crippen molar-refractivity contribution in [3.63, 3.8) is 0 Å². The van der Waals surface area contributed by atoms with Crippen molar-refractivity contribution in [2.24, 2.45) is 5.73 Å². The van der Waals surface area contributed by atoms with E-state index in [0.29, 0.717) is 19.4 Å². The van der Waals surface area contributed by atoms with E-state index in [1.54, 1.807) is 4.57 Å². The van der Waals surface area contributed by atoms with E-state index in [-0.39, 0.29) is 17.6 Å². The number of rotatable bonds is 4. The summed E-state index contributed by atoms with van der Waals surface area (Å²) in [5.74, 6) is -0.187. The van der Waals surface area contributed by atoms with Crippen LogP contribution in [-0.4, -0.2) is 27.5 Å². The zero-order chi connectivity index (χ0) is 17.4. The molecule has 0 bridgehead atoms. The first-order valence-electron chi connectivity index (χ1n) is 8.42. The van der Waals surface area contributed by atoms with Gasteiger partial charge in [0.2, 0.25) is 5.91 Å². The van der Waals surface area contributed by atoms with Gasteiger partial charge in [-0.2, -0.15) is 0 Å². The molecule has 0 aliphatic carbocycles. The molecule has 1 amide bonds. The standard InChI is InChI=1S/C19H20N4O2/c20-15(9-12-5-2-1-3-6-12)18(24)21-14-10-13-7-4-8-16-17(13)23(11-14)19(25)22-16/h1-8,14-15H,9-11,20H2,(H,21,24)(H,22,25). The SMILES string of the molecule is NC(Cc1ccccc1)C(=O)NC1Cc2cccc3[nH]c(=O)n(c23)C1. The summed E-state index contributed by atoms with van der Waals surface area (Å²) in [4.78, 5) is 27.5. The van der Waals surface area contributed by atoms with Crippen LogP contribution in [0.5, 0.6) is 0 Å². The van der Waals surface area contributed by atoms with Crippen molar-refractivity contribution in [2.75, 3.05) is 0 Å². The molecule has 2 unspecified atom stereocenters. The molecule has 1 aliphatic heterocycles. The minimum absolute atomic E-state index is 0.138. The van der Waals surface area contributed by atoms with E-state index < -0.39 is 6.04 Å². The molecular weight excluding hydrogens is 316 g/mol. The Morgan fingerprint density at radius 1 is 1.24 bits per heavy atom. The first kappa shape index (κ1) is 15.7. The van der Waals surface area contributed by atoms with Gasteiger partial charge in [-0.15, -0.1) is 0 Å². The maximum atomic E-state index is 12.5. The van der Waals surface area contributed by atoms with Gasteiger partial charge in [0.25, 0.3) is 0 Å². The van der Waals surface area contributed by atoms with Crippen LogP contribution in [0.2, 0.25) is 0 Å². The summed E-state index contributed by atoms with van der Waals surface area (Å²) in [5, 5.41) is 3.00. The van der Waals surface area contributed by atoms with Gasteiger partial charge in [-0.05, 0) is 30.0 Å². The molecule has 2 aromatic carbocycles. The summed E-state index contributed by atoms with van der Waals surface area (Å²) < 4.78 is 1.70. The fourth-order valence-corrected chi connectivity index (χ4v) is 3.55. The van der Waals surface area contributed by atoms with Crippen LogP contribution in [0.3, 0.4) is 0 Å². The number of H-pyrrole nitrogens is 1. The molecule has 3 aromatic rings. The number of hydrogen-bond donors (Lipinski definition) is 3. The molecule has 6 nitrogen and oxygen atoms in total. The van der Waals surface area contributed by atoms with Crippen molar-refractivity contribution < 1.29 is 4.79 Å². The largest absolute Gasteiger partial charge is 0.350 e. The number of nitrogens with two attached hydrogens (primary N) is 1. The smallest absolute Gasteiger partial charge is 0.326 e. The molecule has 4 N–H and O–H groups in total. The summed E-state index contributed by atoms with van der Waals surface area (Å²) in [6.45, 7) is 0.458. The van der Waals surface area contributed by atoms with Crippen LogP contribution in [0.4, 0.5) is 0 Å². The Balaban J connectivity index is 1.48. The quantitative estimate of drug-likeness (QED) is 0.662. The van der Waals surface area contributed by atoms with Crippen LogP contribution in [0.1, 0.15) is 11.1 Å². The Kier molecular flexibility index (Phi) is 3.89. The zero-order valence-electron chi connectivity index (χ0n) is 13.7. The van der Waals surface area contributed by atoms with Crippen molar-refractivity contribution in [3.05, 3.63) is 70.1 Å². The average Bonchev–Trinajstić information content (AvgIpc) is 2.93. The number of para-hydroxylation sites is 1. The molecule has 0 saturated heterocycles. The van der Waals surface area contributed by atoms with Gasteiger partial charge in [-0.25, -0.2) is 4.79 Å². The molecule has 1 aromatic heterocycles. The number of imidazole rings is 1. The van der Waals surface area contributed by atoms with Gasteiger partial charge in [-0.3, -0.25) is 9.36 Å². The van der Waals surface area contributed by atoms with E-state index in [4.69, 9.17) is 5.73 Å². The number of aromatic nitrogens is 2. The third kappa shape index (κ3) is 2.96. The molecule has 128 valence electrons. The predicted octanol–water partition coefficient (Wildman–Crippen LogP) is 0.940. The minimum atomic E-state index is -0.609. The van der Waals surface area contributed by atoms with E-state index in [1.165, 1.54) is 0 Å². The molecule has 4 rings (SSSR count). The number of carbonyl (C=O) groups excluding carboxylic acids is 1. The highest BCUT2D eigenvalue weighted by Gasteiger charge is 2.25. The number of amides is 1. The summed E-state index contributed by atoms with van der Waals surface area (Å²) in [6.07, 6.45) is 1.18. The second-order valence-corrected chi connectivity index (χ2v) is 6.56. The zero-order valence-corrected chi connectivity index (χ0v) is 13.7. The van der Waals surface area contributed by atoms with Crippen LogP contribution < -0.4 is 16.7 Å². The van der Waals surface area contributed by atoms with E-state index in [9.17, 15) is 9.59 Å². The first-order valence-corrected chi connectivity index (χ1v) is 8.42. The fraction of sp³-hybridized carbons (Fsp3) is 0.263. The lowest BCUT2D eigenvalue weighted by atomic mass is 9.99. The van der Waals surface area contributed by atoms with E-state index >= 15 is 0 Å². The number of carbonyl (C=O) groups is 1. The van der Waals surface area contributed by atoms with Crippen LogP contribution in [0.15, 0.2) is 53.3 Å². The molecule has 0 fully saturated rings. The molecule has 0 spiro atoms. The van der Waals surface area contributed by atoms with Crippen molar-refractivity contribution in [2.45, 2.75) is 31.5 Å². The lowest BCUT2D eigenvalue weighted by Crippen LogP contribution is -2.50. The Morgan fingerprint density at radius 3 is 2.84 bits per heavy atom. The number of nitrogens with one attached hydrogen (secondary N) is 2. The van der Waals surface area contributed by atoms with Crippen molar-refractivity contribution in [3.8, 4) is 0 Å². The van der Waals surface area contributed by atoms with Gasteiger partial charge in [-0.1, -0.05) is 42.5 Å². The van der Waals surface area contributed by atoms with E-state index in [1.807, 2.05) is 48.5 Å². The molecule has 2 atom stereocenters. The third-order valence-corrected chi connectivity index (χ3v) is 4.73. The minimum Gasteiger partial charge on any atom is -0.350 e. The Morgan fingerprint density at radius 2 is 2.04 bits per heavy atom. The molecule has 6 heteroatoms. The number of hydrogen-bond acceptors (Lipinski definition) is 3. The van der Waals surface area contributed by atoms with Crippen LogP contribution in [0.25, 0.3) is 11.0 Å². The van der Waals surface area contributed by atoms with Crippen molar-refractivity contribution in [1.29, 1.82) is 0 Å². The molecule has 0 saturated carbocycles. The maximum absolute atomic E-state index is 12.5. The highest BCUT2D eigenvalue weighted by Crippen LogP contribution is 2.22. The normalized spacial score (nSPS) is 17.4. The Bertz CT molecular complexity index is 974. The highest BCUT2D eigenvalue weighted by molar-refractivity contribution is 5.83. The monoisotopic (exact) mass is 336 g/mol. The maximum Gasteiger partial charge on any atom is 0.326 e. The Labute approximate surface area is 144 Å². The van der Waals surface area contributed by atoms with E-state index in [2.05, 4.69) is 10.3 Å². The second-order valence-electron chi connectivity index (χ2n) is 6.56. The van der Waals surface area contributed by atoms with E-state index in [0.717, 1.165) is 22.2 Å². The van der Waals surface area contributed by atoms with Crippen LogP contribution in [0, 0.1) is 0 Å². The van der Waals surface area contributed by atoms with Gasteiger partial charge < -0.3 is 16.0 Å². The summed E-state index contributed by atoms with van der Waals surface area (Å²) in [6, 6.07) is 14.8. The second kappa shape index (κ2) is 6.22. The number of nitrogens with zero attached hydrogens (tertiary/aromatic N) is 1. The highest BCUT2D eigenvalue weighted by atomic mass is 16.2. The van der Waals surface area contributed by atoms with Gasteiger partial charge >= 0.3 is 5.69 Å². The summed E-state index contributed by atoms with van der Waals surface area (Å²) >= 11 is 0. The van der Waals surface area contributed by atoms with Crippen molar-refractivity contribution >= 4 is 16.9 Å². The van der Waals surface area contributed by atoms with Gasteiger partial charge in [0.05, 0.1) is 23.1 Å². The molecule has 0 radical (unpaired) electrons. The molecule has 2 heterocycles. The fourth-order valence-electron chi connectivity index (χ4n) is 3.55. The number of aromatic amines is 1. The van der Waals surface area contributed by atoms with Gasteiger partial charge in [0.1, 0.15) is 0 Å². The topological polar surface area (TPSA) is 92.9 Å². The number of benzene rings is 2. The van der Waals surface area contributed by atoms with Crippen molar-refractivity contribution in [1.82, 2.24) is 14.9 Å². The molecular formula is C19H20N4O2. The van der Waals surface area contributed by atoms with Crippen LogP contribution in [-0.2, 0) is 24.2 Å².